The predicted octanol–water partition coefficient (Wildman–Crippen LogP) is 2.02. The molecule has 6 nitrogen and oxygen atoms in total. The normalized spacial score (nSPS) is 19.2. The van der Waals surface area contributed by atoms with Crippen LogP contribution >= 0.6 is 0 Å². The molecule has 0 unspecified atom stereocenters. The molecule has 0 N–H and O–H groups in total. The van der Waals surface area contributed by atoms with E-state index in [1.54, 1.807) is 9.80 Å². The Morgan fingerprint density at radius 2 is 1.80 bits per heavy atom. The molecule has 1 spiro atoms. The number of hydrogen-bond donors (Lipinski definition) is 0. The van der Waals surface area contributed by atoms with Crippen LogP contribution in [0.2, 0.25) is 0 Å². The maximum Gasteiger partial charge on any atom is 0.242 e. The number of nitrogens with zero attached hydrogens (tertiary/aromatic N) is 2. The monoisotopic (exact) mass is 346 g/mol. The average molecular weight is 346 g/mol. The molecule has 1 aromatic rings. The zero-order chi connectivity index (χ0) is 18.0. The summed E-state index contributed by atoms with van der Waals surface area (Å²) in [6.07, 6.45) is 1.37. The van der Waals surface area contributed by atoms with E-state index >= 15 is 0 Å². The lowest BCUT2D eigenvalue weighted by Crippen LogP contribution is -2.50. The molecule has 0 aliphatic carbocycles. The van der Waals surface area contributed by atoms with Gasteiger partial charge in [0.05, 0.1) is 13.2 Å². The molecule has 2 amide bonds. The Bertz CT molecular complexity index is 657. The van der Waals surface area contributed by atoms with Crippen molar-refractivity contribution in [3.05, 3.63) is 29.3 Å². The summed E-state index contributed by atoms with van der Waals surface area (Å²) < 4.78 is 11.4. The summed E-state index contributed by atoms with van der Waals surface area (Å²) in [4.78, 5) is 28.3. The molecule has 136 valence electrons. The van der Waals surface area contributed by atoms with Crippen LogP contribution in [0.15, 0.2) is 18.2 Å². The van der Waals surface area contributed by atoms with Gasteiger partial charge in [-0.05, 0) is 31.0 Å². The number of hydrogen-bond acceptors (Lipinski definition) is 4. The molecule has 6 heteroatoms. The summed E-state index contributed by atoms with van der Waals surface area (Å²) in [7, 11) is 0. The topological polar surface area (TPSA) is 59.1 Å². The van der Waals surface area contributed by atoms with E-state index in [1.165, 1.54) is 6.92 Å². The second-order valence-electron chi connectivity index (χ2n) is 6.81. The first-order chi connectivity index (χ1) is 11.9. The van der Waals surface area contributed by atoms with Crippen LogP contribution in [0.3, 0.4) is 0 Å². The second kappa shape index (κ2) is 7.14. The molecule has 3 rings (SSSR count). The summed E-state index contributed by atoms with van der Waals surface area (Å²) in [5.41, 5.74) is 2.93. The quantitative estimate of drug-likeness (QED) is 0.840. The van der Waals surface area contributed by atoms with Gasteiger partial charge in [0.25, 0.3) is 0 Å². The fourth-order valence-corrected chi connectivity index (χ4v) is 3.51. The molecule has 25 heavy (non-hydrogen) atoms. The van der Waals surface area contributed by atoms with Gasteiger partial charge < -0.3 is 19.3 Å². The van der Waals surface area contributed by atoms with Crippen molar-refractivity contribution >= 4 is 17.5 Å². The SMILES string of the molecule is CC(=O)N(CC(=O)N1CCC2(CC1)OCCO2)c1cccc(C)c1C. The number of piperidine rings is 1. The summed E-state index contributed by atoms with van der Waals surface area (Å²) in [6.45, 7) is 7.98. The van der Waals surface area contributed by atoms with Crippen molar-refractivity contribution in [2.45, 2.75) is 39.4 Å². The van der Waals surface area contributed by atoms with Crippen LogP contribution in [0.5, 0.6) is 0 Å². The molecule has 0 atom stereocenters. The molecule has 2 heterocycles. The largest absolute Gasteiger partial charge is 0.347 e. The summed E-state index contributed by atoms with van der Waals surface area (Å²) in [6, 6.07) is 5.81. The molecule has 0 radical (unpaired) electrons. The Labute approximate surface area is 148 Å². The van der Waals surface area contributed by atoms with Gasteiger partial charge in [-0.1, -0.05) is 12.1 Å². The Morgan fingerprint density at radius 1 is 1.16 bits per heavy atom. The number of anilines is 1. The first kappa shape index (κ1) is 17.9. The van der Waals surface area contributed by atoms with Crippen LogP contribution in [0.25, 0.3) is 0 Å². The number of rotatable bonds is 3. The third kappa shape index (κ3) is 3.70. The average Bonchev–Trinajstić information content (AvgIpc) is 3.04. The van der Waals surface area contributed by atoms with Crippen molar-refractivity contribution in [3.8, 4) is 0 Å². The van der Waals surface area contributed by atoms with E-state index in [2.05, 4.69) is 0 Å². The van der Waals surface area contributed by atoms with E-state index in [4.69, 9.17) is 9.47 Å². The van der Waals surface area contributed by atoms with Gasteiger partial charge in [0.1, 0.15) is 6.54 Å². The molecule has 2 fully saturated rings. The number of aryl methyl sites for hydroxylation is 1. The highest BCUT2D eigenvalue weighted by Gasteiger charge is 2.41. The van der Waals surface area contributed by atoms with E-state index in [9.17, 15) is 9.59 Å². The van der Waals surface area contributed by atoms with E-state index in [1.807, 2.05) is 32.0 Å². The van der Waals surface area contributed by atoms with Gasteiger partial charge in [-0.15, -0.1) is 0 Å². The number of likely N-dealkylation sites (tertiary alicyclic amines) is 1. The van der Waals surface area contributed by atoms with Gasteiger partial charge in [0.2, 0.25) is 11.8 Å². The van der Waals surface area contributed by atoms with Crippen LogP contribution in [0.4, 0.5) is 5.69 Å². The minimum absolute atomic E-state index is 0.0380. The lowest BCUT2D eigenvalue weighted by atomic mass is 10.0. The summed E-state index contributed by atoms with van der Waals surface area (Å²) in [5.74, 6) is -0.661. The summed E-state index contributed by atoms with van der Waals surface area (Å²) in [5, 5.41) is 0. The van der Waals surface area contributed by atoms with Gasteiger partial charge in [0, 0.05) is 38.5 Å². The van der Waals surface area contributed by atoms with Gasteiger partial charge in [-0.2, -0.15) is 0 Å². The molecule has 2 aliphatic rings. The zero-order valence-electron chi connectivity index (χ0n) is 15.2. The molecule has 2 aliphatic heterocycles. The Balaban J connectivity index is 1.67. The highest BCUT2D eigenvalue weighted by Crippen LogP contribution is 2.31. The molecular weight excluding hydrogens is 320 g/mol. The molecule has 0 aromatic heterocycles. The number of ether oxygens (including phenoxy) is 2. The van der Waals surface area contributed by atoms with Crippen LogP contribution in [-0.4, -0.2) is 55.3 Å². The number of amides is 2. The van der Waals surface area contributed by atoms with E-state index in [-0.39, 0.29) is 18.4 Å². The van der Waals surface area contributed by atoms with Crippen LogP contribution < -0.4 is 4.90 Å². The second-order valence-corrected chi connectivity index (χ2v) is 6.81. The van der Waals surface area contributed by atoms with E-state index in [0.717, 1.165) is 16.8 Å². The maximum absolute atomic E-state index is 12.7. The smallest absolute Gasteiger partial charge is 0.242 e. The van der Waals surface area contributed by atoms with Gasteiger partial charge in [0.15, 0.2) is 5.79 Å². The van der Waals surface area contributed by atoms with Gasteiger partial charge in [-0.3, -0.25) is 9.59 Å². The van der Waals surface area contributed by atoms with E-state index < -0.39 is 5.79 Å². The fraction of sp³-hybridized carbons (Fsp3) is 0.579. The minimum atomic E-state index is -0.496. The van der Waals surface area contributed by atoms with Crippen LogP contribution in [0, 0.1) is 13.8 Å². The zero-order valence-corrected chi connectivity index (χ0v) is 15.2. The lowest BCUT2D eigenvalue weighted by molar-refractivity contribution is -0.187. The van der Waals surface area contributed by atoms with Crippen molar-refractivity contribution in [1.29, 1.82) is 0 Å². The van der Waals surface area contributed by atoms with Crippen molar-refractivity contribution < 1.29 is 19.1 Å². The molecule has 0 saturated carbocycles. The Hall–Kier alpha value is -1.92. The van der Waals surface area contributed by atoms with Crippen molar-refractivity contribution in [2.24, 2.45) is 0 Å². The fourth-order valence-electron chi connectivity index (χ4n) is 3.51. The molecule has 0 bridgehead atoms. The minimum Gasteiger partial charge on any atom is -0.347 e. The third-order valence-electron chi connectivity index (χ3n) is 5.23. The number of carbonyl (C=O) groups excluding carboxylic acids is 2. The number of carbonyl (C=O) groups is 2. The molecular formula is C19H26N2O4. The highest BCUT2D eigenvalue weighted by atomic mass is 16.7. The maximum atomic E-state index is 12.7. The van der Waals surface area contributed by atoms with E-state index in [0.29, 0.717) is 39.1 Å². The van der Waals surface area contributed by atoms with Crippen LogP contribution in [-0.2, 0) is 19.1 Å². The Morgan fingerprint density at radius 3 is 2.40 bits per heavy atom. The predicted molar refractivity (Wildman–Crippen MR) is 94.4 cm³/mol. The van der Waals surface area contributed by atoms with Crippen molar-refractivity contribution in [1.82, 2.24) is 4.90 Å². The van der Waals surface area contributed by atoms with Gasteiger partial charge in [-0.25, -0.2) is 0 Å². The third-order valence-corrected chi connectivity index (χ3v) is 5.23. The summed E-state index contributed by atoms with van der Waals surface area (Å²) >= 11 is 0. The van der Waals surface area contributed by atoms with Crippen molar-refractivity contribution in [2.75, 3.05) is 37.7 Å². The first-order valence-corrected chi connectivity index (χ1v) is 8.82. The first-order valence-electron chi connectivity index (χ1n) is 8.82. The number of benzene rings is 1. The standard InChI is InChI=1S/C19H26N2O4/c1-14-5-4-6-17(15(14)2)21(16(3)22)13-18(23)20-9-7-19(8-10-20)24-11-12-25-19/h4-6H,7-13H2,1-3H3. The van der Waals surface area contributed by atoms with Crippen LogP contribution in [0.1, 0.15) is 30.9 Å². The highest BCUT2D eigenvalue weighted by molar-refractivity contribution is 5.98. The lowest BCUT2D eigenvalue weighted by Gasteiger charge is -2.38. The Kier molecular flexibility index (Phi) is 5.11. The van der Waals surface area contributed by atoms with Gasteiger partial charge >= 0.3 is 0 Å². The van der Waals surface area contributed by atoms with Crippen molar-refractivity contribution in [3.63, 3.8) is 0 Å². The molecule has 2 saturated heterocycles. The molecule has 1 aromatic carbocycles.